The van der Waals surface area contributed by atoms with Crippen LogP contribution in [0, 0.1) is 13.8 Å². The number of nitrogens with zero attached hydrogens (tertiary/aromatic N) is 4. The molecule has 1 aromatic carbocycles. The fourth-order valence-electron chi connectivity index (χ4n) is 4.36. The number of esters is 1. The van der Waals surface area contributed by atoms with Gasteiger partial charge in [-0.1, -0.05) is 0 Å². The number of carbonyl (C=O) groups excluding carboxylic acids is 3. The van der Waals surface area contributed by atoms with E-state index in [0.717, 1.165) is 35.5 Å². The minimum atomic E-state index is -0.239. The van der Waals surface area contributed by atoms with Crippen LogP contribution in [0.2, 0.25) is 0 Å². The number of carbonyl (C=O) groups is 3. The third kappa shape index (κ3) is 5.64. The maximum absolute atomic E-state index is 13.0. The number of amides is 2. The Labute approximate surface area is 200 Å². The van der Waals surface area contributed by atoms with Gasteiger partial charge in [-0.05, 0) is 62.9 Å². The molecule has 2 amide bonds. The van der Waals surface area contributed by atoms with Crippen LogP contribution in [0.25, 0.3) is 5.69 Å². The van der Waals surface area contributed by atoms with Gasteiger partial charge in [-0.25, -0.2) is 4.68 Å². The number of aryl methyl sites for hydroxylation is 1. The molecule has 9 nitrogen and oxygen atoms in total. The lowest BCUT2D eigenvalue weighted by atomic mass is 10.1. The Bertz CT molecular complexity index is 1050. The number of nitrogens with one attached hydrogen (secondary N) is 1. The standard InChI is InChI=1S/C25H33N5O4/c1-17-22(10-11-24(32)34-3)18(2)30(27-17)21-8-4-19(5-9-21)25(33)29-14-12-28(13-15-29)16-23(31)26-20-6-7-20/h4-5,8-9,20H,6-7,10-16H2,1-3H3,(H,26,31). The predicted molar refractivity (Wildman–Crippen MR) is 127 cm³/mol. The Morgan fingerprint density at radius 2 is 1.74 bits per heavy atom. The lowest BCUT2D eigenvalue weighted by molar-refractivity contribution is -0.140. The molecule has 182 valence electrons. The Balaban J connectivity index is 1.34. The van der Waals surface area contributed by atoms with Crippen molar-refractivity contribution in [1.29, 1.82) is 0 Å². The fourth-order valence-corrected chi connectivity index (χ4v) is 4.36. The minimum Gasteiger partial charge on any atom is -0.469 e. The van der Waals surface area contributed by atoms with Crippen molar-refractivity contribution in [2.75, 3.05) is 39.8 Å². The first kappa shape index (κ1) is 23.9. The average Bonchev–Trinajstić information content (AvgIpc) is 3.61. The largest absolute Gasteiger partial charge is 0.469 e. The van der Waals surface area contributed by atoms with E-state index in [4.69, 9.17) is 4.74 Å². The molecule has 1 aliphatic carbocycles. The summed E-state index contributed by atoms with van der Waals surface area (Å²) in [6.45, 7) is 6.93. The maximum Gasteiger partial charge on any atom is 0.305 e. The van der Waals surface area contributed by atoms with E-state index in [9.17, 15) is 14.4 Å². The smallest absolute Gasteiger partial charge is 0.305 e. The van der Waals surface area contributed by atoms with Crippen molar-refractivity contribution in [3.05, 3.63) is 46.8 Å². The molecule has 2 heterocycles. The molecule has 9 heteroatoms. The molecule has 1 aliphatic heterocycles. The Kier molecular flexibility index (Phi) is 7.31. The zero-order chi connectivity index (χ0) is 24.2. The molecule has 0 bridgehead atoms. The number of piperazine rings is 1. The molecule has 0 radical (unpaired) electrons. The van der Waals surface area contributed by atoms with E-state index >= 15 is 0 Å². The molecule has 0 spiro atoms. The maximum atomic E-state index is 13.0. The molecule has 0 unspecified atom stereocenters. The normalized spacial score (nSPS) is 16.4. The lowest BCUT2D eigenvalue weighted by Crippen LogP contribution is -2.51. The second kappa shape index (κ2) is 10.4. The summed E-state index contributed by atoms with van der Waals surface area (Å²) in [5.74, 6) is -0.159. The summed E-state index contributed by atoms with van der Waals surface area (Å²) < 4.78 is 6.59. The van der Waals surface area contributed by atoms with Gasteiger partial charge in [0, 0.05) is 49.9 Å². The highest BCUT2D eigenvalue weighted by Crippen LogP contribution is 2.21. The van der Waals surface area contributed by atoms with Crippen LogP contribution in [0.5, 0.6) is 0 Å². The summed E-state index contributed by atoms with van der Waals surface area (Å²) in [6.07, 6.45) is 3.07. The van der Waals surface area contributed by atoms with E-state index < -0.39 is 0 Å². The molecule has 0 atom stereocenters. The first-order chi connectivity index (χ1) is 16.4. The van der Waals surface area contributed by atoms with Crippen LogP contribution in [0.3, 0.4) is 0 Å². The van der Waals surface area contributed by atoms with Crippen molar-refractivity contribution in [1.82, 2.24) is 24.9 Å². The van der Waals surface area contributed by atoms with Gasteiger partial charge in [0.25, 0.3) is 5.91 Å². The number of rotatable bonds is 8. The summed E-state index contributed by atoms with van der Waals surface area (Å²) in [5, 5.41) is 7.65. The minimum absolute atomic E-state index is 0.000710. The third-order valence-electron chi connectivity index (χ3n) is 6.58. The van der Waals surface area contributed by atoms with Crippen LogP contribution in [0.1, 0.15) is 46.6 Å². The van der Waals surface area contributed by atoms with Crippen LogP contribution in [-0.2, 0) is 20.7 Å². The van der Waals surface area contributed by atoms with Gasteiger partial charge in [-0.15, -0.1) is 0 Å². The highest BCUT2D eigenvalue weighted by Gasteiger charge is 2.26. The van der Waals surface area contributed by atoms with Gasteiger partial charge in [0.05, 0.1) is 25.0 Å². The van der Waals surface area contributed by atoms with Crippen molar-refractivity contribution in [3.8, 4) is 5.69 Å². The first-order valence-electron chi connectivity index (χ1n) is 11.9. The number of hydrogen-bond donors (Lipinski definition) is 1. The molecular formula is C25H33N5O4. The van der Waals surface area contributed by atoms with Crippen LogP contribution < -0.4 is 5.32 Å². The van der Waals surface area contributed by atoms with E-state index in [-0.39, 0.29) is 17.8 Å². The van der Waals surface area contributed by atoms with Crippen molar-refractivity contribution < 1.29 is 19.1 Å². The topological polar surface area (TPSA) is 96.8 Å². The molecule has 34 heavy (non-hydrogen) atoms. The Hall–Kier alpha value is -3.20. The zero-order valence-electron chi connectivity index (χ0n) is 20.2. The van der Waals surface area contributed by atoms with Crippen LogP contribution in [0.4, 0.5) is 0 Å². The summed E-state index contributed by atoms with van der Waals surface area (Å²) in [6, 6.07) is 7.83. The van der Waals surface area contributed by atoms with E-state index in [1.54, 1.807) is 0 Å². The van der Waals surface area contributed by atoms with Gasteiger partial charge >= 0.3 is 5.97 Å². The van der Waals surface area contributed by atoms with Gasteiger partial charge in [-0.2, -0.15) is 5.10 Å². The molecule has 2 aromatic rings. The number of benzene rings is 1. The number of ether oxygens (including phenoxy) is 1. The lowest BCUT2D eigenvalue weighted by Gasteiger charge is -2.34. The molecule has 1 N–H and O–H groups in total. The average molecular weight is 468 g/mol. The van der Waals surface area contributed by atoms with E-state index in [1.807, 2.05) is 47.7 Å². The summed E-state index contributed by atoms with van der Waals surface area (Å²) in [4.78, 5) is 40.5. The van der Waals surface area contributed by atoms with Gasteiger partial charge in [0.1, 0.15) is 0 Å². The molecule has 1 saturated carbocycles. The molecule has 1 aromatic heterocycles. The van der Waals surface area contributed by atoms with Gasteiger partial charge in [0.15, 0.2) is 0 Å². The van der Waals surface area contributed by atoms with Crippen LogP contribution >= 0.6 is 0 Å². The highest BCUT2D eigenvalue weighted by molar-refractivity contribution is 5.94. The Morgan fingerprint density at radius 3 is 2.35 bits per heavy atom. The van der Waals surface area contributed by atoms with E-state index in [1.165, 1.54) is 7.11 Å². The monoisotopic (exact) mass is 467 g/mol. The van der Waals surface area contributed by atoms with Crippen molar-refractivity contribution in [2.45, 2.75) is 45.6 Å². The molecule has 2 fully saturated rings. The molecule has 1 saturated heterocycles. The second-order valence-corrected chi connectivity index (χ2v) is 9.09. The van der Waals surface area contributed by atoms with Gasteiger partial charge in [-0.3, -0.25) is 19.3 Å². The zero-order valence-corrected chi connectivity index (χ0v) is 20.2. The molecule has 4 rings (SSSR count). The molecular weight excluding hydrogens is 434 g/mol. The van der Waals surface area contributed by atoms with E-state index in [0.29, 0.717) is 57.2 Å². The van der Waals surface area contributed by atoms with Crippen LogP contribution in [0.15, 0.2) is 24.3 Å². The third-order valence-corrected chi connectivity index (χ3v) is 6.58. The first-order valence-corrected chi connectivity index (χ1v) is 11.9. The van der Waals surface area contributed by atoms with Crippen LogP contribution in [-0.4, -0.2) is 83.2 Å². The van der Waals surface area contributed by atoms with E-state index in [2.05, 4.69) is 15.3 Å². The number of aromatic nitrogens is 2. The van der Waals surface area contributed by atoms with Crippen molar-refractivity contribution >= 4 is 17.8 Å². The summed E-state index contributed by atoms with van der Waals surface area (Å²) >= 11 is 0. The Morgan fingerprint density at radius 1 is 1.06 bits per heavy atom. The molecule has 2 aliphatic rings. The summed E-state index contributed by atoms with van der Waals surface area (Å²) in [5.41, 5.74) is 4.39. The van der Waals surface area contributed by atoms with Gasteiger partial charge < -0.3 is 15.0 Å². The number of hydrogen-bond acceptors (Lipinski definition) is 6. The van der Waals surface area contributed by atoms with Gasteiger partial charge in [0.2, 0.25) is 5.91 Å². The fraction of sp³-hybridized carbons (Fsp3) is 0.520. The SMILES string of the molecule is COC(=O)CCc1c(C)nn(-c2ccc(C(=O)N3CCN(CC(=O)NC4CC4)CC3)cc2)c1C. The number of methoxy groups -OCH3 is 1. The van der Waals surface area contributed by atoms with Crippen molar-refractivity contribution in [3.63, 3.8) is 0 Å². The predicted octanol–water partition coefficient (Wildman–Crippen LogP) is 1.63. The van der Waals surface area contributed by atoms with Crippen molar-refractivity contribution in [2.24, 2.45) is 0 Å². The second-order valence-electron chi connectivity index (χ2n) is 9.09. The highest BCUT2D eigenvalue weighted by atomic mass is 16.5. The summed E-state index contributed by atoms with van der Waals surface area (Å²) in [7, 11) is 1.39. The quantitative estimate of drug-likeness (QED) is 0.593.